The van der Waals surface area contributed by atoms with Gasteiger partial charge in [0.1, 0.15) is 17.3 Å². The van der Waals surface area contributed by atoms with Crippen LogP contribution in [0.3, 0.4) is 0 Å². The van der Waals surface area contributed by atoms with E-state index in [-0.39, 0.29) is 11.9 Å². The lowest BCUT2D eigenvalue weighted by atomic mass is 10.0. The van der Waals surface area contributed by atoms with E-state index in [1.165, 1.54) is 11.6 Å². The molecule has 2 N–H and O–H groups in total. The van der Waals surface area contributed by atoms with E-state index in [4.69, 9.17) is 10.5 Å². The van der Waals surface area contributed by atoms with Crippen LogP contribution in [0.5, 0.6) is 11.5 Å². The molecule has 0 radical (unpaired) electrons. The molecular formula is C18H22FNO. The molecule has 112 valence electrons. The fraction of sp³-hybridized carbons (Fsp3) is 0.333. The Bertz CT molecular complexity index is 677. The molecule has 0 heterocycles. The van der Waals surface area contributed by atoms with Gasteiger partial charge in [-0.2, -0.15) is 0 Å². The first-order chi connectivity index (χ1) is 9.79. The minimum atomic E-state index is -0.290. The van der Waals surface area contributed by atoms with Crippen LogP contribution in [0.15, 0.2) is 24.3 Å². The third kappa shape index (κ3) is 3.24. The zero-order valence-corrected chi connectivity index (χ0v) is 13.3. The monoisotopic (exact) mass is 287 g/mol. The van der Waals surface area contributed by atoms with Crippen molar-refractivity contribution in [2.75, 3.05) is 0 Å². The maximum absolute atomic E-state index is 13.8. The molecular weight excluding hydrogens is 265 g/mol. The van der Waals surface area contributed by atoms with Gasteiger partial charge < -0.3 is 10.5 Å². The molecule has 21 heavy (non-hydrogen) atoms. The Kier molecular flexibility index (Phi) is 4.33. The maximum atomic E-state index is 13.8. The molecule has 0 aliphatic carbocycles. The Morgan fingerprint density at radius 2 is 1.62 bits per heavy atom. The van der Waals surface area contributed by atoms with Crippen molar-refractivity contribution in [2.24, 2.45) is 5.73 Å². The summed E-state index contributed by atoms with van der Waals surface area (Å²) >= 11 is 0. The molecule has 3 heteroatoms. The van der Waals surface area contributed by atoms with Gasteiger partial charge in [0, 0.05) is 11.6 Å². The SMILES string of the molecule is Cc1cc(C)c(C)c(Oc2cc(C)c(F)cc2[C@H](C)N)c1. The lowest BCUT2D eigenvalue weighted by molar-refractivity contribution is 0.464. The predicted octanol–water partition coefficient (Wildman–Crippen LogP) is 4.87. The summed E-state index contributed by atoms with van der Waals surface area (Å²) in [6.45, 7) is 9.65. The molecule has 0 aliphatic rings. The largest absolute Gasteiger partial charge is 0.457 e. The van der Waals surface area contributed by atoms with Crippen LogP contribution in [0.25, 0.3) is 0 Å². The molecule has 0 fully saturated rings. The van der Waals surface area contributed by atoms with E-state index >= 15 is 0 Å². The summed E-state index contributed by atoms with van der Waals surface area (Å²) in [4.78, 5) is 0. The molecule has 2 nitrogen and oxygen atoms in total. The van der Waals surface area contributed by atoms with E-state index in [2.05, 4.69) is 13.0 Å². The first kappa shape index (κ1) is 15.5. The van der Waals surface area contributed by atoms with Crippen LogP contribution in [-0.4, -0.2) is 0 Å². The fourth-order valence-electron chi connectivity index (χ4n) is 2.34. The summed E-state index contributed by atoms with van der Waals surface area (Å²) in [5.74, 6) is 1.16. The first-order valence-corrected chi connectivity index (χ1v) is 7.11. The van der Waals surface area contributed by atoms with Gasteiger partial charge in [0.05, 0.1) is 0 Å². The van der Waals surface area contributed by atoms with Gasteiger partial charge in [-0.05, 0) is 75.1 Å². The second-order valence-corrected chi connectivity index (χ2v) is 5.73. The van der Waals surface area contributed by atoms with Gasteiger partial charge in [0.25, 0.3) is 0 Å². The lowest BCUT2D eigenvalue weighted by Gasteiger charge is -2.17. The van der Waals surface area contributed by atoms with Crippen LogP contribution >= 0.6 is 0 Å². The van der Waals surface area contributed by atoms with Crippen molar-refractivity contribution in [3.63, 3.8) is 0 Å². The zero-order chi connectivity index (χ0) is 15.7. The highest BCUT2D eigenvalue weighted by Crippen LogP contribution is 2.34. The Morgan fingerprint density at radius 3 is 2.24 bits per heavy atom. The molecule has 0 amide bonds. The van der Waals surface area contributed by atoms with E-state index in [0.29, 0.717) is 16.9 Å². The standard InChI is InChI=1S/C18H22FNO/c1-10-6-11(2)13(4)17(7-10)21-18-8-12(3)16(19)9-15(18)14(5)20/h6-9,14H,20H2,1-5H3/t14-/m0/s1. The summed E-state index contributed by atoms with van der Waals surface area (Å²) in [6, 6.07) is 7.00. The van der Waals surface area contributed by atoms with Crippen molar-refractivity contribution in [2.45, 2.75) is 40.7 Å². The van der Waals surface area contributed by atoms with Crippen LogP contribution in [0.2, 0.25) is 0 Å². The Labute approximate surface area is 125 Å². The molecule has 0 aromatic heterocycles. The number of hydrogen-bond donors (Lipinski definition) is 1. The van der Waals surface area contributed by atoms with E-state index in [1.807, 2.05) is 26.8 Å². The summed E-state index contributed by atoms with van der Waals surface area (Å²) in [5.41, 5.74) is 10.6. The van der Waals surface area contributed by atoms with Crippen LogP contribution in [0.4, 0.5) is 4.39 Å². The van der Waals surface area contributed by atoms with Crippen molar-refractivity contribution in [1.29, 1.82) is 0 Å². The molecule has 2 aromatic rings. The molecule has 0 aliphatic heterocycles. The highest BCUT2D eigenvalue weighted by molar-refractivity contribution is 5.47. The number of hydrogen-bond acceptors (Lipinski definition) is 2. The second-order valence-electron chi connectivity index (χ2n) is 5.73. The minimum Gasteiger partial charge on any atom is -0.457 e. The van der Waals surface area contributed by atoms with Crippen molar-refractivity contribution in [3.8, 4) is 11.5 Å². The van der Waals surface area contributed by atoms with Gasteiger partial charge in [-0.15, -0.1) is 0 Å². The highest BCUT2D eigenvalue weighted by Gasteiger charge is 2.14. The van der Waals surface area contributed by atoms with E-state index in [0.717, 1.165) is 16.9 Å². The van der Waals surface area contributed by atoms with Crippen molar-refractivity contribution in [3.05, 3.63) is 57.9 Å². The molecule has 0 spiro atoms. The van der Waals surface area contributed by atoms with E-state index in [9.17, 15) is 4.39 Å². The number of nitrogens with two attached hydrogens (primary N) is 1. The summed E-state index contributed by atoms with van der Waals surface area (Å²) < 4.78 is 19.8. The topological polar surface area (TPSA) is 35.2 Å². The van der Waals surface area contributed by atoms with Gasteiger partial charge >= 0.3 is 0 Å². The molecule has 0 saturated heterocycles. The minimum absolute atomic E-state index is 0.258. The van der Waals surface area contributed by atoms with Gasteiger partial charge in [0.2, 0.25) is 0 Å². The van der Waals surface area contributed by atoms with Crippen LogP contribution in [0.1, 0.15) is 40.8 Å². The summed E-state index contributed by atoms with van der Waals surface area (Å²) in [5, 5.41) is 0. The van der Waals surface area contributed by atoms with Crippen LogP contribution in [-0.2, 0) is 0 Å². The average Bonchev–Trinajstić information content (AvgIpc) is 2.39. The molecule has 0 unspecified atom stereocenters. The van der Waals surface area contributed by atoms with E-state index < -0.39 is 0 Å². The van der Waals surface area contributed by atoms with Crippen molar-refractivity contribution in [1.82, 2.24) is 0 Å². The Morgan fingerprint density at radius 1 is 0.952 bits per heavy atom. The fourth-order valence-corrected chi connectivity index (χ4v) is 2.34. The summed E-state index contributed by atoms with van der Waals surface area (Å²) in [7, 11) is 0. The third-order valence-corrected chi connectivity index (χ3v) is 3.77. The third-order valence-electron chi connectivity index (χ3n) is 3.77. The summed E-state index contributed by atoms with van der Waals surface area (Å²) in [6.07, 6.45) is 0. The second kappa shape index (κ2) is 5.86. The number of rotatable bonds is 3. The molecule has 2 aromatic carbocycles. The zero-order valence-electron chi connectivity index (χ0n) is 13.3. The maximum Gasteiger partial charge on any atom is 0.132 e. The quantitative estimate of drug-likeness (QED) is 0.874. The van der Waals surface area contributed by atoms with Crippen LogP contribution < -0.4 is 10.5 Å². The van der Waals surface area contributed by atoms with Gasteiger partial charge in [-0.1, -0.05) is 6.07 Å². The highest BCUT2D eigenvalue weighted by atomic mass is 19.1. The van der Waals surface area contributed by atoms with Crippen molar-refractivity contribution >= 4 is 0 Å². The molecule has 0 bridgehead atoms. The van der Waals surface area contributed by atoms with Gasteiger partial charge in [-0.25, -0.2) is 4.39 Å². The van der Waals surface area contributed by atoms with Gasteiger partial charge in [0.15, 0.2) is 0 Å². The molecule has 2 rings (SSSR count). The Balaban J connectivity index is 2.51. The molecule has 1 atom stereocenters. The smallest absolute Gasteiger partial charge is 0.132 e. The van der Waals surface area contributed by atoms with Crippen LogP contribution in [0, 0.1) is 33.5 Å². The van der Waals surface area contributed by atoms with E-state index in [1.54, 1.807) is 13.0 Å². The number of ether oxygens (including phenoxy) is 1. The molecule has 0 saturated carbocycles. The first-order valence-electron chi connectivity index (χ1n) is 7.11. The Hall–Kier alpha value is -1.87. The predicted molar refractivity (Wildman–Crippen MR) is 84.5 cm³/mol. The number of benzene rings is 2. The number of halogens is 1. The van der Waals surface area contributed by atoms with Gasteiger partial charge in [-0.3, -0.25) is 0 Å². The lowest BCUT2D eigenvalue weighted by Crippen LogP contribution is -2.08. The van der Waals surface area contributed by atoms with Crippen molar-refractivity contribution < 1.29 is 9.13 Å². The number of aryl methyl sites for hydroxylation is 3. The normalized spacial score (nSPS) is 12.3. The average molecular weight is 287 g/mol.